The molecule has 30 heavy (non-hydrogen) atoms. The van der Waals surface area contributed by atoms with E-state index in [2.05, 4.69) is 10.00 Å². The summed E-state index contributed by atoms with van der Waals surface area (Å²) in [6.45, 7) is 7.23. The highest BCUT2D eigenvalue weighted by Gasteiger charge is 2.42. The highest BCUT2D eigenvalue weighted by molar-refractivity contribution is 6.30. The Hall–Kier alpha value is -1.99. The first-order chi connectivity index (χ1) is 14.2. The van der Waals surface area contributed by atoms with Crippen LogP contribution in [-0.4, -0.2) is 51.7 Å². The zero-order valence-electron chi connectivity index (χ0n) is 17.6. The topological polar surface area (TPSA) is 41.4 Å². The largest absolute Gasteiger partial charge is 0.338 e. The number of benzene rings is 1. The molecule has 1 spiro atoms. The predicted molar refractivity (Wildman–Crippen MR) is 112 cm³/mol. The van der Waals surface area contributed by atoms with Crippen LogP contribution in [0.2, 0.25) is 5.15 Å². The van der Waals surface area contributed by atoms with Crippen molar-refractivity contribution in [3.8, 4) is 0 Å². The Labute approximate surface area is 180 Å². The third kappa shape index (κ3) is 3.73. The number of aromatic nitrogens is 2. The van der Waals surface area contributed by atoms with Crippen LogP contribution in [0.4, 0.5) is 8.78 Å². The van der Waals surface area contributed by atoms with Crippen molar-refractivity contribution in [2.45, 2.75) is 39.7 Å². The number of rotatable bonds is 3. The summed E-state index contributed by atoms with van der Waals surface area (Å²) in [5, 5.41) is 5.06. The second-order valence-corrected chi connectivity index (χ2v) is 9.14. The minimum atomic E-state index is -0.792. The molecule has 0 N–H and O–H groups in total. The highest BCUT2D eigenvalue weighted by atomic mass is 35.5. The summed E-state index contributed by atoms with van der Waals surface area (Å²) in [5.41, 5.74) is 2.01. The Kier molecular flexibility index (Phi) is 5.62. The Balaban J connectivity index is 1.40. The Morgan fingerprint density at radius 2 is 1.83 bits per heavy atom. The summed E-state index contributed by atoms with van der Waals surface area (Å²) >= 11 is 6.39. The molecule has 162 valence electrons. The summed E-state index contributed by atoms with van der Waals surface area (Å²) in [6.07, 6.45) is 2.73. The fourth-order valence-corrected chi connectivity index (χ4v) is 5.08. The van der Waals surface area contributed by atoms with Gasteiger partial charge in [0.1, 0.15) is 22.4 Å². The molecule has 2 saturated heterocycles. The van der Waals surface area contributed by atoms with Gasteiger partial charge in [-0.25, -0.2) is 8.78 Å². The van der Waals surface area contributed by atoms with Crippen LogP contribution in [0.3, 0.4) is 0 Å². The minimum Gasteiger partial charge on any atom is -0.338 e. The van der Waals surface area contributed by atoms with Crippen molar-refractivity contribution in [3.05, 3.63) is 51.3 Å². The van der Waals surface area contributed by atoms with E-state index in [0.29, 0.717) is 18.2 Å². The van der Waals surface area contributed by atoms with Crippen molar-refractivity contribution in [1.29, 1.82) is 0 Å². The molecule has 4 rings (SSSR count). The van der Waals surface area contributed by atoms with Gasteiger partial charge in [-0.3, -0.25) is 14.4 Å². The maximum absolute atomic E-state index is 14.4. The Morgan fingerprint density at radius 1 is 1.17 bits per heavy atom. The van der Waals surface area contributed by atoms with Gasteiger partial charge in [0.05, 0.1) is 5.69 Å². The molecule has 2 aromatic rings. The molecular formula is C22H27ClF2N4O. The van der Waals surface area contributed by atoms with E-state index in [1.54, 1.807) is 16.5 Å². The summed E-state index contributed by atoms with van der Waals surface area (Å²) in [4.78, 5) is 16.8. The van der Waals surface area contributed by atoms with Gasteiger partial charge in [0.15, 0.2) is 0 Å². The van der Waals surface area contributed by atoms with E-state index in [9.17, 15) is 13.6 Å². The summed E-state index contributed by atoms with van der Waals surface area (Å²) < 4.78 is 30.2. The molecule has 1 aromatic heterocycles. The number of carbonyl (C=O) groups is 1. The lowest BCUT2D eigenvalue weighted by Gasteiger charge is -2.39. The van der Waals surface area contributed by atoms with E-state index in [0.717, 1.165) is 56.2 Å². The smallest absolute Gasteiger partial charge is 0.259 e. The van der Waals surface area contributed by atoms with Crippen molar-refractivity contribution in [2.24, 2.45) is 12.5 Å². The second-order valence-electron chi connectivity index (χ2n) is 8.78. The van der Waals surface area contributed by atoms with E-state index < -0.39 is 23.1 Å². The van der Waals surface area contributed by atoms with Gasteiger partial charge in [0.2, 0.25) is 0 Å². The third-order valence-corrected chi connectivity index (χ3v) is 7.25. The third-order valence-electron chi connectivity index (χ3n) is 6.78. The van der Waals surface area contributed by atoms with E-state index in [-0.39, 0.29) is 11.0 Å². The van der Waals surface area contributed by atoms with Crippen LogP contribution >= 0.6 is 11.6 Å². The van der Waals surface area contributed by atoms with E-state index in [1.807, 2.05) is 14.0 Å². The van der Waals surface area contributed by atoms with Crippen molar-refractivity contribution >= 4 is 17.5 Å². The molecule has 1 amide bonds. The van der Waals surface area contributed by atoms with Gasteiger partial charge in [-0.15, -0.1) is 0 Å². The molecule has 0 radical (unpaired) electrons. The second kappa shape index (κ2) is 7.93. The molecule has 0 saturated carbocycles. The molecular weight excluding hydrogens is 410 g/mol. The summed E-state index contributed by atoms with van der Waals surface area (Å²) in [5.74, 6) is -2.09. The summed E-state index contributed by atoms with van der Waals surface area (Å²) in [7, 11) is 1.84. The van der Waals surface area contributed by atoms with Crippen molar-refractivity contribution in [2.75, 3.05) is 26.2 Å². The number of amides is 1. The van der Waals surface area contributed by atoms with Crippen molar-refractivity contribution < 1.29 is 13.6 Å². The number of carbonyl (C=O) groups excluding carboxylic acids is 1. The van der Waals surface area contributed by atoms with Gasteiger partial charge in [0.25, 0.3) is 5.91 Å². The maximum Gasteiger partial charge on any atom is 0.259 e. The Morgan fingerprint density at radius 3 is 2.47 bits per heavy atom. The van der Waals surface area contributed by atoms with Gasteiger partial charge in [0, 0.05) is 38.8 Å². The number of hydrogen-bond acceptors (Lipinski definition) is 3. The van der Waals surface area contributed by atoms with Gasteiger partial charge < -0.3 is 4.90 Å². The van der Waals surface area contributed by atoms with Crippen molar-refractivity contribution in [1.82, 2.24) is 19.6 Å². The molecule has 2 fully saturated rings. The fourth-order valence-electron chi connectivity index (χ4n) is 4.84. The lowest BCUT2D eigenvalue weighted by atomic mass is 9.77. The molecule has 2 aliphatic heterocycles. The molecule has 2 aliphatic rings. The molecule has 0 bridgehead atoms. The van der Waals surface area contributed by atoms with E-state index in [1.165, 1.54) is 6.07 Å². The lowest BCUT2D eigenvalue weighted by Crippen LogP contribution is -2.44. The van der Waals surface area contributed by atoms with E-state index in [4.69, 9.17) is 11.6 Å². The van der Waals surface area contributed by atoms with Crippen LogP contribution in [-0.2, 0) is 13.6 Å². The molecule has 3 heterocycles. The Bertz CT molecular complexity index is 982. The minimum absolute atomic E-state index is 0.142. The molecule has 0 aliphatic carbocycles. The number of piperidine rings is 1. The number of hydrogen-bond donors (Lipinski definition) is 0. The lowest BCUT2D eigenvalue weighted by molar-refractivity contribution is 0.0578. The SMILES string of the molecule is Cc1ccc(F)c(C(=O)N2CCC3(CCN(Cc4c(C)nn(C)c4Cl)C3)CC2)c1F. The predicted octanol–water partition coefficient (Wildman–Crippen LogP) is 4.10. The van der Waals surface area contributed by atoms with Gasteiger partial charge >= 0.3 is 0 Å². The number of likely N-dealkylation sites (tertiary alicyclic amines) is 2. The number of nitrogens with zero attached hydrogens (tertiary/aromatic N) is 4. The van der Waals surface area contributed by atoms with Gasteiger partial charge in [-0.1, -0.05) is 17.7 Å². The van der Waals surface area contributed by atoms with Crippen molar-refractivity contribution in [3.63, 3.8) is 0 Å². The first-order valence-corrected chi connectivity index (χ1v) is 10.7. The highest BCUT2D eigenvalue weighted by Crippen LogP contribution is 2.41. The van der Waals surface area contributed by atoms with Gasteiger partial charge in [-0.2, -0.15) is 5.10 Å². The standard InChI is InChI=1S/C22H27ClF2N4O/c1-14-4-5-17(24)18(19(14)25)21(30)29-10-7-22(8-11-29)6-9-28(13-22)12-16-15(2)26-27(3)20(16)23/h4-5H,6-13H2,1-3H3. The summed E-state index contributed by atoms with van der Waals surface area (Å²) in [6, 6.07) is 2.52. The molecule has 0 unspecified atom stereocenters. The zero-order valence-corrected chi connectivity index (χ0v) is 18.4. The van der Waals surface area contributed by atoms with Crippen LogP contribution in [0.15, 0.2) is 12.1 Å². The average Bonchev–Trinajstić information content (AvgIpc) is 3.21. The quantitative estimate of drug-likeness (QED) is 0.727. The van der Waals surface area contributed by atoms with Crippen LogP contribution < -0.4 is 0 Å². The molecule has 5 nitrogen and oxygen atoms in total. The van der Waals surface area contributed by atoms with Crippen LogP contribution in [0.25, 0.3) is 0 Å². The molecule has 8 heteroatoms. The normalized spacial score (nSPS) is 19.1. The first-order valence-electron chi connectivity index (χ1n) is 10.3. The molecule has 1 aromatic carbocycles. The van der Waals surface area contributed by atoms with Crippen LogP contribution in [0.1, 0.15) is 46.4 Å². The first kappa shape index (κ1) is 21.2. The number of aryl methyl sites for hydroxylation is 3. The van der Waals surface area contributed by atoms with E-state index >= 15 is 0 Å². The van der Waals surface area contributed by atoms with Crippen LogP contribution in [0, 0.1) is 30.9 Å². The fraction of sp³-hybridized carbons (Fsp3) is 0.545. The van der Waals surface area contributed by atoms with Gasteiger partial charge in [-0.05, 0) is 56.7 Å². The maximum atomic E-state index is 14.4. The number of halogens is 3. The monoisotopic (exact) mass is 436 g/mol. The molecule has 0 atom stereocenters. The average molecular weight is 437 g/mol. The zero-order chi connectivity index (χ0) is 21.6. The van der Waals surface area contributed by atoms with Crippen LogP contribution in [0.5, 0.6) is 0 Å².